The third kappa shape index (κ3) is 2.67. The number of rotatable bonds is 3. The molecule has 0 N–H and O–H groups in total. The van der Waals surface area contributed by atoms with E-state index in [9.17, 15) is 4.39 Å². The highest BCUT2D eigenvalue weighted by molar-refractivity contribution is 9.10. The topological polar surface area (TPSA) is 9.23 Å². The lowest BCUT2D eigenvalue weighted by Gasteiger charge is -2.11. The van der Waals surface area contributed by atoms with Crippen LogP contribution >= 0.6 is 15.9 Å². The van der Waals surface area contributed by atoms with Crippen LogP contribution in [0.15, 0.2) is 46.9 Å². The molecule has 88 valence electrons. The second kappa shape index (κ2) is 5.32. The van der Waals surface area contributed by atoms with Crippen molar-refractivity contribution in [2.45, 2.75) is 6.92 Å². The fraction of sp³-hybridized carbons (Fsp3) is 0.143. The van der Waals surface area contributed by atoms with Crippen LogP contribution in [0.4, 0.5) is 4.39 Å². The van der Waals surface area contributed by atoms with E-state index >= 15 is 0 Å². The molecular weight excluding hydrogens is 283 g/mol. The average molecular weight is 295 g/mol. The van der Waals surface area contributed by atoms with Gasteiger partial charge in [-0.15, -0.1) is 0 Å². The number of halogens is 2. The maximum Gasteiger partial charge on any atom is 0.134 e. The van der Waals surface area contributed by atoms with Crippen LogP contribution in [0.25, 0.3) is 11.1 Å². The van der Waals surface area contributed by atoms with Gasteiger partial charge < -0.3 is 4.74 Å². The van der Waals surface area contributed by atoms with Gasteiger partial charge in [-0.25, -0.2) is 4.39 Å². The van der Waals surface area contributed by atoms with E-state index in [0.29, 0.717) is 17.9 Å². The summed E-state index contributed by atoms with van der Waals surface area (Å²) in [5.41, 5.74) is 1.32. The van der Waals surface area contributed by atoms with Crippen LogP contribution < -0.4 is 4.74 Å². The Morgan fingerprint density at radius 3 is 2.65 bits per heavy atom. The molecule has 0 bridgehead atoms. The molecule has 2 rings (SSSR count). The highest BCUT2D eigenvalue weighted by atomic mass is 79.9. The molecule has 2 aromatic carbocycles. The summed E-state index contributed by atoms with van der Waals surface area (Å²) in [4.78, 5) is 0. The van der Waals surface area contributed by atoms with E-state index in [1.54, 1.807) is 12.1 Å². The maximum atomic E-state index is 13.9. The summed E-state index contributed by atoms with van der Waals surface area (Å²) in [6.07, 6.45) is 0. The predicted molar refractivity (Wildman–Crippen MR) is 70.7 cm³/mol. The minimum Gasteiger partial charge on any atom is -0.493 e. The predicted octanol–water partition coefficient (Wildman–Crippen LogP) is 4.65. The second-order valence-corrected chi connectivity index (χ2v) is 4.47. The molecule has 0 radical (unpaired) electrons. The first-order valence-electron chi connectivity index (χ1n) is 5.39. The van der Waals surface area contributed by atoms with E-state index in [4.69, 9.17) is 4.74 Å². The lowest BCUT2D eigenvalue weighted by Crippen LogP contribution is -1.96. The van der Waals surface area contributed by atoms with Crippen LogP contribution in [-0.2, 0) is 0 Å². The zero-order chi connectivity index (χ0) is 12.3. The van der Waals surface area contributed by atoms with Gasteiger partial charge in [0.25, 0.3) is 0 Å². The van der Waals surface area contributed by atoms with Gasteiger partial charge >= 0.3 is 0 Å². The van der Waals surface area contributed by atoms with Crippen molar-refractivity contribution in [3.8, 4) is 16.9 Å². The standard InChI is InChI=1S/C14H12BrFO/c1-2-17-13-8-4-7-12(16)14(13)10-5-3-6-11(15)9-10/h3-9H,2H2,1H3. The Labute approximate surface area is 108 Å². The van der Waals surface area contributed by atoms with Crippen molar-refractivity contribution in [1.29, 1.82) is 0 Å². The van der Waals surface area contributed by atoms with Crippen LogP contribution in [0, 0.1) is 5.82 Å². The van der Waals surface area contributed by atoms with Gasteiger partial charge in [-0.05, 0) is 36.8 Å². The van der Waals surface area contributed by atoms with Gasteiger partial charge in [-0.3, -0.25) is 0 Å². The van der Waals surface area contributed by atoms with Gasteiger partial charge in [0, 0.05) is 4.47 Å². The van der Waals surface area contributed by atoms with Gasteiger partial charge in [0.2, 0.25) is 0 Å². The third-order valence-corrected chi connectivity index (χ3v) is 2.88. The molecule has 0 saturated carbocycles. The Balaban J connectivity index is 2.57. The van der Waals surface area contributed by atoms with Gasteiger partial charge in [-0.1, -0.05) is 34.1 Å². The van der Waals surface area contributed by atoms with Gasteiger partial charge in [0.05, 0.1) is 12.2 Å². The number of ether oxygens (including phenoxy) is 1. The molecule has 0 aliphatic carbocycles. The minimum atomic E-state index is -0.269. The van der Waals surface area contributed by atoms with Crippen LogP contribution in [0.5, 0.6) is 5.75 Å². The molecule has 0 spiro atoms. The SMILES string of the molecule is CCOc1cccc(F)c1-c1cccc(Br)c1. The number of hydrogen-bond acceptors (Lipinski definition) is 1. The second-order valence-electron chi connectivity index (χ2n) is 3.56. The Morgan fingerprint density at radius 2 is 1.94 bits per heavy atom. The highest BCUT2D eigenvalue weighted by Crippen LogP contribution is 2.33. The van der Waals surface area contributed by atoms with Crippen molar-refractivity contribution in [2.24, 2.45) is 0 Å². The summed E-state index contributed by atoms with van der Waals surface area (Å²) in [7, 11) is 0. The summed E-state index contributed by atoms with van der Waals surface area (Å²) in [5, 5.41) is 0. The normalized spacial score (nSPS) is 10.3. The lowest BCUT2D eigenvalue weighted by molar-refractivity contribution is 0.340. The summed E-state index contributed by atoms with van der Waals surface area (Å²) in [5.74, 6) is 0.305. The molecule has 2 aromatic rings. The Hall–Kier alpha value is -1.35. The smallest absolute Gasteiger partial charge is 0.134 e. The molecular formula is C14H12BrFO. The molecule has 0 fully saturated rings. The van der Waals surface area contributed by atoms with Crippen molar-refractivity contribution in [2.75, 3.05) is 6.61 Å². The van der Waals surface area contributed by atoms with Crippen LogP contribution in [0.2, 0.25) is 0 Å². The molecule has 17 heavy (non-hydrogen) atoms. The fourth-order valence-electron chi connectivity index (χ4n) is 1.70. The summed E-state index contributed by atoms with van der Waals surface area (Å²) < 4.78 is 20.3. The molecule has 0 saturated heterocycles. The minimum absolute atomic E-state index is 0.269. The summed E-state index contributed by atoms with van der Waals surface area (Å²) in [6, 6.07) is 12.4. The van der Waals surface area contributed by atoms with Crippen molar-refractivity contribution >= 4 is 15.9 Å². The van der Waals surface area contributed by atoms with Crippen molar-refractivity contribution in [3.63, 3.8) is 0 Å². The molecule has 3 heteroatoms. The van der Waals surface area contributed by atoms with E-state index in [1.165, 1.54) is 6.07 Å². The molecule has 0 aromatic heterocycles. The molecule has 0 aliphatic heterocycles. The average Bonchev–Trinajstić information content (AvgIpc) is 2.29. The first-order valence-corrected chi connectivity index (χ1v) is 6.19. The fourth-order valence-corrected chi connectivity index (χ4v) is 2.10. The van der Waals surface area contributed by atoms with E-state index in [-0.39, 0.29) is 5.82 Å². The van der Waals surface area contributed by atoms with Crippen LogP contribution in [0.1, 0.15) is 6.92 Å². The third-order valence-electron chi connectivity index (χ3n) is 2.39. The van der Waals surface area contributed by atoms with E-state index in [0.717, 1.165) is 10.0 Å². The first-order chi connectivity index (χ1) is 8.22. The highest BCUT2D eigenvalue weighted by Gasteiger charge is 2.11. The molecule has 0 heterocycles. The summed E-state index contributed by atoms with van der Waals surface area (Å²) >= 11 is 3.38. The Kier molecular flexibility index (Phi) is 3.79. The van der Waals surface area contributed by atoms with Crippen molar-refractivity contribution in [3.05, 3.63) is 52.8 Å². The van der Waals surface area contributed by atoms with Crippen LogP contribution in [-0.4, -0.2) is 6.61 Å². The Morgan fingerprint density at radius 1 is 1.18 bits per heavy atom. The van der Waals surface area contributed by atoms with E-state index < -0.39 is 0 Å². The monoisotopic (exact) mass is 294 g/mol. The number of benzene rings is 2. The van der Waals surface area contributed by atoms with E-state index in [1.807, 2.05) is 31.2 Å². The number of hydrogen-bond donors (Lipinski definition) is 0. The van der Waals surface area contributed by atoms with Crippen molar-refractivity contribution in [1.82, 2.24) is 0 Å². The largest absolute Gasteiger partial charge is 0.493 e. The molecule has 0 amide bonds. The molecule has 0 unspecified atom stereocenters. The zero-order valence-electron chi connectivity index (χ0n) is 9.41. The first kappa shape index (κ1) is 12.1. The maximum absolute atomic E-state index is 13.9. The van der Waals surface area contributed by atoms with E-state index in [2.05, 4.69) is 15.9 Å². The zero-order valence-corrected chi connectivity index (χ0v) is 11.0. The van der Waals surface area contributed by atoms with Crippen LogP contribution in [0.3, 0.4) is 0 Å². The quantitative estimate of drug-likeness (QED) is 0.800. The van der Waals surface area contributed by atoms with Crippen molar-refractivity contribution < 1.29 is 9.13 Å². The van der Waals surface area contributed by atoms with Gasteiger partial charge in [-0.2, -0.15) is 0 Å². The van der Waals surface area contributed by atoms with Gasteiger partial charge in [0.15, 0.2) is 0 Å². The molecule has 1 nitrogen and oxygen atoms in total. The van der Waals surface area contributed by atoms with Gasteiger partial charge in [0.1, 0.15) is 11.6 Å². The molecule has 0 aliphatic rings. The lowest BCUT2D eigenvalue weighted by atomic mass is 10.0. The molecule has 0 atom stereocenters. The summed E-state index contributed by atoms with van der Waals surface area (Å²) in [6.45, 7) is 2.40. The Bertz CT molecular complexity index is 525.